The first-order valence-corrected chi connectivity index (χ1v) is 11.6. The highest BCUT2D eigenvalue weighted by Crippen LogP contribution is 2.38. The zero-order chi connectivity index (χ0) is 25.8. The van der Waals surface area contributed by atoms with E-state index in [4.69, 9.17) is 25.8 Å². The van der Waals surface area contributed by atoms with E-state index in [0.717, 1.165) is 11.1 Å². The number of esters is 1. The number of aryl methyl sites for hydroxylation is 1. The van der Waals surface area contributed by atoms with E-state index < -0.39 is 10.9 Å². The van der Waals surface area contributed by atoms with E-state index >= 15 is 0 Å². The third-order valence-electron chi connectivity index (χ3n) is 5.62. The van der Waals surface area contributed by atoms with E-state index in [-0.39, 0.29) is 17.3 Å². The van der Waals surface area contributed by atoms with Crippen LogP contribution in [0.5, 0.6) is 11.5 Å². The number of carbonyl (C=O) groups excluding carboxylic acids is 1. The van der Waals surface area contributed by atoms with Gasteiger partial charge in [-0.1, -0.05) is 41.9 Å². The van der Waals surface area contributed by atoms with Gasteiger partial charge in [0.1, 0.15) is 6.61 Å². The molecule has 0 aliphatic carbocycles. The van der Waals surface area contributed by atoms with Gasteiger partial charge in [0.05, 0.1) is 16.6 Å². The molecule has 0 N–H and O–H groups in total. The first-order valence-electron chi connectivity index (χ1n) is 11.2. The average molecular weight is 507 g/mol. The minimum Gasteiger partial charge on any atom is -0.490 e. The first kappa shape index (κ1) is 24.9. The molecule has 1 aliphatic rings. The smallest absolute Gasteiger partial charge is 0.363 e. The Labute approximate surface area is 212 Å². The minimum atomic E-state index is -0.676. The van der Waals surface area contributed by atoms with Crippen molar-refractivity contribution >= 4 is 35.2 Å². The summed E-state index contributed by atoms with van der Waals surface area (Å²) in [5, 5.41) is 11.6. The Kier molecular flexibility index (Phi) is 7.36. The summed E-state index contributed by atoms with van der Waals surface area (Å²) in [5.41, 5.74) is 3.34. The number of halogens is 1. The van der Waals surface area contributed by atoms with Crippen molar-refractivity contribution < 1.29 is 23.9 Å². The molecule has 0 saturated carbocycles. The zero-order valence-corrected chi connectivity index (χ0v) is 20.7. The SMILES string of the molecule is CCOc1cc(/C=C2\N=C(c3cccc([N+](=O)[O-])c3C)OC2=O)cc(Cl)c1OCc1ccccc1C. The van der Waals surface area contributed by atoms with Crippen LogP contribution < -0.4 is 9.47 Å². The minimum absolute atomic E-state index is 0.00163. The molecule has 0 spiro atoms. The monoisotopic (exact) mass is 506 g/mol. The van der Waals surface area contributed by atoms with Crippen molar-refractivity contribution in [2.45, 2.75) is 27.4 Å². The summed E-state index contributed by atoms with van der Waals surface area (Å²) in [6, 6.07) is 15.7. The highest BCUT2D eigenvalue weighted by molar-refractivity contribution is 6.32. The van der Waals surface area contributed by atoms with Gasteiger partial charge in [-0.05, 0) is 61.7 Å². The molecule has 9 heteroatoms. The molecule has 4 rings (SSSR count). The summed E-state index contributed by atoms with van der Waals surface area (Å²) in [5.74, 6) is 0.150. The van der Waals surface area contributed by atoms with E-state index in [0.29, 0.717) is 46.4 Å². The number of benzene rings is 3. The van der Waals surface area contributed by atoms with Crippen LogP contribution in [0.3, 0.4) is 0 Å². The summed E-state index contributed by atoms with van der Waals surface area (Å²) in [6.45, 7) is 6.12. The Hall–Kier alpha value is -4.17. The van der Waals surface area contributed by atoms with Crippen molar-refractivity contribution in [3.63, 3.8) is 0 Å². The molecule has 0 saturated heterocycles. The molecule has 0 aromatic heterocycles. The van der Waals surface area contributed by atoms with E-state index in [2.05, 4.69) is 4.99 Å². The van der Waals surface area contributed by atoms with Gasteiger partial charge in [0.2, 0.25) is 5.90 Å². The van der Waals surface area contributed by atoms with Gasteiger partial charge >= 0.3 is 5.97 Å². The van der Waals surface area contributed by atoms with Crippen LogP contribution in [0.1, 0.15) is 34.7 Å². The number of nitrogens with zero attached hydrogens (tertiary/aromatic N) is 2. The molecule has 1 aliphatic heterocycles. The summed E-state index contributed by atoms with van der Waals surface area (Å²) in [6.07, 6.45) is 1.52. The van der Waals surface area contributed by atoms with Crippen LogP contribution in [0, 0.1) is 24.0 Å². The predicted molar refractivity (Wildman–Crippen MR) is 137 cm³/mol. The zero-order valence-electron chi connectivity index (χ0n) is 19.9. The molecule has 3 aromatic rings. The first-order chi connectivity index (χ1) is 17.3. The third-order valence-corrected chi connectivity index (χ3v) is 5.90. The van der Waals surface area contributed by atoms with Crippen LogP contribution in [0.4, 0.5) is 5.69 Å². The van der Waals surface area contributed by atoms with Crippen molar-refractivity contribution in [1.29, 1.82) is 0 Å². The van der Waals surface area contributed by atoms with Gasteiger partial charge in [-0.2, -0.15) is 0 Å². The van der Waals surface area contributed by atoms with E-state index in [1.54, 1.807) is 25.1 Å². The number of rotatable bonds is 8. The normalized spacial score (nSPS) is 13.9. The fourth-order valence-electron chi connectivity index (χ4n) is 3.73. The predicted octanol–water partition coefficient (Wildman–Crippen LogP) is 6.19. The molecule has 0 bridgehead atoms. The highest BCUT2D eigenvalue weighted by atomic mass is 35.5. The average Bonchev–Trinajstić information content (AvgIpc) is 3.19. The van der Waals surface area contributed by atoms with Crippen LogP contribution in [0.2, 0.25) is 5.02 Å². The van der Waals surface area contributed by atoms with Crippen LogP contribution in [-0.4, -0.2) is 23.4 Å². The number of nitro benzene ring substituents is 1. The largest absolute Gasteiger partial charge is 0.490 e. The van der Waals surface area contributed by atoms with Crippen LogP contribution in [0.25, 0.3) is 6.08 Å². The Bertz CT molecular complexity index is 1410. The van der Waals surface area contributed by atoms with Crippen molar-refractivity contribution in [1.82, 2.24) is 0 Å². The van der Waals surface area contributed by atoms with Crippen molar-refractivity contribution in [2.75, 3.05) is 6.61 Å². The van der Waals surface area contributed by atoms with Gasteiger partial charge in [0.15, 0.2) is 17.2 Å². The lowest BCUT2D eigenvalue weighted by molar-refractivity contribution is -0.385. The van der Waals surface area contributed by atoms with E-state index in [9.17, 15) is 14.9 Å². The number of hydrogen-bond donors (Lipinski definition) is 0. The second-order valence-electron chi connectivity index (χ2n) is 8.02. The number of nitro groups is 1. The second-order valence-corrected chi connectivity index (χ2v) is 8.43. The lowest BCUT2D eigenvalue weighted by Gasteiger charge is -2.15. The number of cyclic esters (lactones) is 1. The van der Waals surface area contributed by atoms with E-state index in [1.165, 1.54) is 18.2 Å². The molecule has 0 radical (unpaired) electrons. The molecule has 0 fully saturated rings. The summed E-state index contributed by atoms with van der Waals surface area (Å²) in [4.78, 5) is 27.6. The van der Waals surface area contributed by atoms with Crippen LogP contribution in [0.15, 0.2) is 65.3 Å². The Morgan fingerprint density at radius 2 is 1.89 bits per heavy atom. The number of ether oxygens (including phenoxy) is 3. The molecule has 36 heavy (non-hydrogen) atoms. The lowest BCUT2D eigenvalue weighted by Crippen LogP contribution is -2.08. The Balaban J connectivity index is 1.65. The van der Waals surface area contributed by atoms with Crippen LogP contribution in [-0.2, 0) is 16.1 Å². The quantitative estimate of drug-likeness (QED) is 0.156. The number of aliphatic imine (C=N–C) groups is 1. The number of carbonyl (C=O) groups is 1. The Morgan fingerprint density at radius 3 is 2.61 bits per heavy atom. The van der Waals surface area contributed by atoms with Crippen molar-refractivity contribution in [2.24, 2.45) is 4.99 Å². The molecule has 8 nitrogen and oxygen atoms in total. The van der Waals surface area contributed by atoms with Crippen molar-refractivity contribution in [3.8, 4) is 11.5 Å². The molecule has 0 unspecified atom stereocenters. The van der Waals surface area contributed by atoms with Gasteiger partial charge in [-0.25, -0.2) is 9.79 Å². The van der Waals surface area contributed by atoms with Crippen molar-refractivity contribution in [3.05, 3.63) is 103 Å². The third kappa shape index (κ3) is 5.23. The maximum Gasteiger partial charge on any atom is 0.363 e. The number of hydrogen-bond acceptors (Lipinski definition) is 7. The van der Waals surface area contributed by atoms with Gasteiger partial charge in [0, 0.05) is 17.2 Å². The lowest BCUT2D eigenvalue weighted by atomic mass is 10.1. The fraction of sp³-hybridized carbons (Fsp3) is 0.185. The maximum atomic E-state index is 12.5. The van der Waals surface area contributed by atoms with E-state index in [1.807, 2.05) is 38.1 Å². The molecular formula is C27H23ClN2O6. The second kappa shape index (κ2) is 10.6. The fourth-order valence-corrected chi connectivity index (χ4v) is 4.01. The Morgan fingerprint density at radius 1 is 1.11 bits per heavy atom. The summed E-state index contributed by atoms with van der Waals surface area (Å²) < 4.78 is 17.1. The summed E-state index contributed by atoms with van der Waals surface area (Å²) in [7, 11) is 0. The van der Waals surface area contributed by atoms with Gasteiger partial charge < -0.3 is 14.2 Å². The molecule has 1 heterocycles. The molecule has 184 valence electrons. The van der Waals surface area contributed by atoms with Gasteiger partial charge in [-0.3, -0.25) is 10.1 Å². The topological polar surface area (TPSA) is 100 Å². The highest BCUT2D eigenvalue weighted by Gasteiger charge is 2.27. The van der Waals surface area contributed by atoms with Crippen LogP contribution >= 0.6 is 11.6 Å². The molecular weight excluding hydrogens is 484 g/mol. The summed E-state index contributed by atoms with van der Waals surface area (Å²) >= 11 is 6.54. The maximum absolute atomic E-state index is 12.5. The standard InChI is InChI=1S/C27H23ClN2O6/c1-4-34-24-14-18(12-21(28)25(24)35-15-19-9-6-5-8-16(19)2)13-22-27(31)36-26(29-22)20-10-7-11-23(17(20)3)30(32)33/h5-14H,4,15H2,1-3H3/b22-13-. The molecule has 0 atom stereocenters. The van der Waals surface area contributed by atoms with Gasteiger partial charge in [0.25, 0.3) is 5.69 Å². The molecule has 3 aromatic carbocycles. The molecule has 0 amide bonds. The van der Waals surface area contributed by atoms with Gasteiger partial charge in [-0.15, -0.1) is 0 Å².